The van der Waals surface area contributed by atoms with Gasteiger partial charge in [-0.25, -0.2) is 4.79 Å². The molecule has 3 nitrogen and oxygen atoms in total. The number of rotatable bonds is 9. The van der Waals surface area contributed by atoms with Gasteiger partial charge in [-0.05, 0) is 18.3 Å². The first kappa shape index (κ1) is 16.3. The fourth-order valence-electron chi connectivity index (χ4n) is 1.86. The van der Waals surface area contributed by atoms with E-state index in [-0.39, 0.29) is 0 Å². The number of carboxylic acid groups (broad SMARTS) is 1. The molecule has 2 N–H and O–H groups in total. The molecule has 0 unspecified atom stereocenters. The normalized spacial score (nSPS) is 11.5. The average Bonchev–Trinajstić information content (AvgIpc) is 2.18. The second-order valence-corrected chi connectivity index (χ2v) is 6.02. The minimum atomic E-state index is -0.910. The molecular formula is C14H29NO2. The van der Waals surface area contributed by atoms with E-state index in [0.717, 1.165) is 12.8 Å². The fourth-order valence-corrected chi connectivity index (χ4v) is 1.86. The Kier molecular flexibility index (Phi) is 8.92. The number of amides is 1. The molecule has 0 aliphatic rings. The smallest absolute Gasteiger partial charge is 0.404 e. The summed E-state index contributed by atoms with van der Waals surface area (Å²) in [6.07, 6.45) is 9.03. The molecule has 0 aromatic heterocycles. The van der Waals surface area contributed by atoms with Gasteiger partial charge in [0.2, 0.25) is 0 Å². The van der Waals surface area contributed by atoms with Crippen LogP contribution in [0.15, 0.2) is 0 Å². The Bertz CT molecular complexity index is 197. The van der Waals surface area contributed by atoms with E-state index in [9.17, 15) is 4.79 Å². The standard InChI is InChI=1S/C14H29NO2/c1-14(2,3)11-9-7-5-4-6-8-10-12-15-13(16)17/h15H,4-12H2,1-3H3,(H,16,17). The highest BCUT2D eigenvalue weighted by atomic mass is 16.4. The summed E-state index contributed by atoms with van der Waals surface area (Å²) in [5, 5.41) is 10.8. The van der Waals surface area contributed by atoms with Crippen LogP contribution < -0.4 is 5.32 Å². The minimum Gasteiger partial charge on any atom is -0.465 e. The van der Waals surface area contributed by atoms with Gasteiger partial charge in [0.1, 0.15) is 0 Å². The van der Waals surface area contributed by atoms with Crippen molar-refractivity contribution in [1.82, 2.24) is 5.32 Å². The van der Waals surface area contributed by atoms with E-state index in [1.807, 2.05) is 0 Å². The van der Waals surface area contributed by atoms with Crippen molar-refractivity contribution in [3.8, 4) is 0 Å². The Morgan fingerprint density at radius 1 is 0.941 bits per heavy atom. The SMILES string of the molecule is CC(C)(C)CCCCCCCCCNC(=O)O. The zero-order valence-electron chi connectivity index (χ0n) is 11.7. The van der Waals surface area contributed by atoms with Crippen LogP contribution in [0, 0.1) is 5.41 Å². The van der Waals surface area contributed by atoms with Gasteiger partial charge in [0.05, 0.1) is 0 Å². The summed E-state index contributed by atoms with van der Waals surface area (Å²) in [5.41, 5.74) is 0.475. The van der Waals surface area contributed by atoms with Gasteiger partial charge in [-0.2, -0.15) is 0 Å². The number of hydrogen-bond acceptors (Lipinski definition) is 1. The molecule has 0 atom stereocenters. The van der Waals surface area contributed by atoms with Crippen molar-refractivity contribution >= 4 is 6.09 Å². The first-order valence-electron chi connectivity index (χ1n) is 6.88. The third-order valence-electron chi connectivity index (χ3n) is 2.88. The van der Waals surface area contributed by atoms with E-state index in [4.69, 9.17) is 5.11 Å². The van der Waals surface area contributed by atoms with Crippen LogP contribution in [0.5, 0.6) is 0 Å². The van der Waals surface area contributed by atoms with Crippen molar-refractivity contribution in [2.24, 2.45) is 5.41 Å². The zero-order valence-corrected chi connectivity index (χ0v) is 11.7. The lowest BCUT2D eigenvalue weighted by atomic mass is 9.89. The molecule has 1 amide bonds. The van der Waals surface area contributed by atoms with Gasteiger partial charge < -0.3 is 10.4 Å². The molecule has 0 saturated heterocycles. The topological polar surface area (TPSA) is 49.3 Å². The third kappa shape index (κ3) is 15.3. The Morgan fingerprint density at radius 3 is 1.88 bits per heavy atom. The third-order valence-corrected chi connectivity index (χ3v) is 2.88. The van der Waals surface area contributed by atoms with Crippen LogP contribution in [-0.2, 0) is 0 Å². The number of nitrogens with one attached hydrogen (secondary N) is 1. The molecule has 0 aliphatic heterocycles. The van der Waals surface area contributed by atoms with Crippen LogP contribution in [-0.4, -0.2) is 17.7 Å². The Hall–Kier alpha value is -0.730. The van der Waals surface area contributed by atoms with Crippen LogP contribution in [0.2, 0.25) is 0 Å². The average molecular weight is 243 g/mol. The van der Waals surface area contributed by atoms with E-state index in [0.29, 0.717) is 12.0 Å². The van der Waals surface area contributed by atoms with Gasteiger partial charge in [-0.3, -0.25) is 0 Å². The summed E-state index contributed by atoms with van der Waals surface area (Å²) >= 11 is 0. The molecule has 0 aliphatic carbocycles. The molecule has 0 heterocycles. The van der Waals surface area contributed by atoms with Gasteiger partial charge in [0.15, 0.2) is 0 Å². The Balaban J connectivity index is 3.06. The van der Waals surface area contributed by atoms with Crippen molar-refractivity contribution in [2.75, 3.05) is 6.54 Å². The van der Waals surface area contributed by atoms with Crippen LogP contribution in [0.4, 0.5) is 4.79 Å². The van der Waals surface area contributed by atoms with E-state index < -0.39 is 6.09 Å². The Labute approximate surface area is 106 Å². The quantitative estimate of drug-likeness (QED) is 0.589. The molecule has 0 rings (SSSR count). The highest BCUT2D eigenvalue weighted by Crippen LogP contribution is 2.22. The van der Waals surface area contributed by atoms with Crippen molar-refractivity contribution in [3.63, 3.8) is 0 Å². The zero-order chi connectivity index (χ0) is 13.1. The van der Waals surface area contributed by atoms with Crippen molar-refractivity contribution < 1.29 is 9.90 Å². The van der Waals surface area contributed by atoms with E-state index in [1.165, 1.54) is 38.5 Å². The molecule has 0 bridgehead atoms. The summed E-state index contributed by atoms with van der Waals surface area (Å²) in [6, 6.07) is 0. The summed E-state index contributed by atoms with van der Waals surface area (Å²) in [7, 11) is 0. The summed E-state index contributed by atoms with van der Waals surface area (Å²) < 4.78 is 0. The lowest BCUT2D eigenvalue weighted by molar-refractivity contribution is 0.194. The van der Waals surface area contributed by atoms with Crippen LogP contribution in [0.1, 0.15) is 72.1 Å². The van der Waals surface area contributed by atoms with E-state index >= 15 is 0 Å². The molecular weight excluding hydrogens is 214 g/mol. The molecule has 3 heteroatoms. The maximum atomic E-state index is 10.2. The largest absolute Gasteiger partial charge is 0.465 e. The van der Waals surface area contributed by atoms with Crippen molar-refractivity contribution in [1.29, 1.82) is 0 Å². The van der Waals surface area contributed by atoms with Gasteiger partial charge in [0.25, 0.3) is 0 Å². The lowest BCUT2D eigenvalue weighted by Crippen LogP contribution is -2.21. The first-order valence-corrected chi connectivity index (χ1v) is 6.88. The highest BCUT2D eigenvalue weighted by Gasteiger charge is 2.08. The number of unbranched alkanes of at least 4 members (excludes halogenated alkanes) is 6. The van der Waals surface area contributed by atoms with Gasteiger partial charge in [0, 0.05) is 6.54 Å². The van der Waals surface area contributed by atoms with Gasteiger partial charge in [-0.1, -0.05) is 59.3 Å². The lowest BCUT2D eigenvalue weighted by Gasteiger charge is -2.17. The first-order chi connectivity index (χ1) is 7.92. The molecule has 0 radical (unpaired) electrons. The van der Waals surface area contributed by atoms with Crippen LogP contribution in [0.3, 0.4) is 0 Å². The maximum Gasteiger partial charge on any atom is 0.404 e. The van der Waals surface area contributed by atoms with Crippen molar-refractivity contribution in [2.45, 2.75) is 72.1 Å². The molecule has 0 spiro atoms. The van der Waals surface area contributed by atoms with E-state index in [2.05, 4.69) is 26.1 Å². The number of carbonyl (C=O) groups is 1. The second-order valence-electron chi connectivity index (χ2n) is 6.02. The summed E-state index contributed by atoms with van der Waals surface area (Å²) in [5.74, 6) is 0. The maximum absolute atomic E-state index is 10.2. The van der Waals surface area contributed by atoms with Gasteiger partial charge >= 0.3 is 6.09 Å². The predicted molar refractivity (Wildman–Crippen MR) is 72.4 cm³/mol. The summed E-state index contributed by atoms with van der Waals surface area (Å²) in [6.45, 7) is 7.48. The predicted octanol–water partition coefficient (Wildman–Crippen LogP) is 4.42. The van der Waals surface area contributed by atoms with Crippen LogP contribution >= 0.6 is 0 Å². The van der Waals surface area contributed by atoms with Crippen molar-refractivity contribution in [3.05, 3.63) is 0 Å². The number of hydrogen-bond donors (Lipinski definition) is 2. The molecule has 0 aromatic rings. The van der Waals surface area contributed by atoms with Gasteiger partial charge in [-0.15, -0.1) is 0 Å². The molecule has 0 aromatic carbocycles. The molecule has 102 valence electrons. The summed E-state index contributed by atoms with van der Waals surface area (Å²) in [4.78, 5) is 10.2. The Morgan fingerprint density at radius 2 is 1.41 bits per heavy atom. The van der Waals surface area contributed by atoms with E-state index in [1.54, 1.807) is 0 Å². The highest BCUT2D eigenvalue weighted by molar-refractivity contribution is 5.64. The molecule has 0 fully saturated rings. The minimum absolute atomic E-state index is 0.475. The fraction of sp³-hybridized carbons (Fsp3) is 0.929. The molecule has 0 saturated carbocycles. The van der Waals surface area contributed by atoms with Crippen LogP contribution in [0.25, 0.3) is 0 Å². The monoisotopic (exact) mass is 243 g/mol. The molecule has 17 heavy (non-hydrogen) atoms. The second kappa shape index (κ2) is 9.32.